The lowest BCUT2D eigenvalue weighted by molar-refractivity contribution is 0.0994. The Hall–Kier alpha value is -3.97. The Kier molecular flexibility index (Phi) is 5.86. The summed E-state index contributed by atoms with van der Waals surface area (Å²) in [6.07, 6.45) is 2.86. The third-order valence-electron chi connectivity index (χ3n) is 5.95. The molecule has 0 radical (unpaired) electrons. The number of rotatable bonds is 7. The number of furan rings is 1. The van der Waals surface area contributed by atoms with Crippen molar-refractivity contribution in [3.05, 3.63) is 71.9 Å². The number of carbonyl (C=O) groups excluding carboxylic acids is 1. The summed E-state index contributed by atoms with van der Waals surface area (Å²) in [6, 6.07) is 17.5. The number of ketones is 1. The number of nitrogens with two attached hydrogens (primary N) is 1. The predicted molar refractivity (Wildman–Crippen MR) is 132 cm³/mol. The van der Waals surface area contributed by atoms with Crippen LogP contribution in [-0.2, 0) is 6.42 Å². The minimum atomic E-state index is 0.175. The molecule has 7 nitrogen and oxygen atoms in total. The minimum Gasteiger partial charge on any atom is -0.492 e. The van der Waals surface area contributed by atoms with E-state index < -0.39 is 0 Å². The normalized spacial score (nSPS) is 12.9. The van der Waals surface area contributed by atoms with Crippen LogP contribution in [0.1, 0.15) is 22.3 Å². The van der Waals surface area contributed by atoms with Gasteiger partial charge in [0.1, 0.15) is 23.8 Å². The SMILES string of the molecule is CN(C)CCOc1ccc(-c2cc(-c3cccc4c3CCC4=O)c(-c3ccnc(N)n3)o2)cc1. The lowest BCUT2D eigenvalue weighted by Crippen LogP contribution is -2.19. The second-order valence-corrected chi connectivity index (χ2v) is 8.58. The Balaban J connectivity index is 1.55. The van der Waals surface area contributed by atoms with Gasteiger partial charge in [-0.2, -0.15) is 0 Å². The van der Waals surface area contributed by atoms with Crippen LogP contribution in [0.2, 0.25) is 0 Å². The third-order valence-corrected chi connectivity index (χ3v) is 5.95. The van der Waals surface area contributed by atoms with Gasteiger partial charge in [0.05, 0.1) is 0 Å². The van der Waals surface area contributed by atoms with Gasteiger partial charge >= 0.3 is 0 Å². The van der Waals surface area contributed by atoms with E-state index in [1.807, 2.05) is 62.6 Å². The zero-order valence-electron chi connectivity index (χ0n) is 19.2. The van der Waals surface area contributed by atoms with Crippen molar-refractivity contribution in [1.29, 1.82) is 0 Å². The van der Waals surface area contributed by atoms with Crippen LogP contribution in [0.3, 0.4) is 0 Å². The number of fused-ring (bicyclic) bond motifs is 1. The van der Waals surface area contributed by atoms with Crippen LogP contribution >= 0.6 is 0 Å². The van der Waals surface area contributed by atoms with E-state index in [2.05, 4.69) is 14.9 Å². The second kappa shape index (κ2) is 9.11. The molecule has 2 N–H and O–H groups in total. The molecule has 4 aromatic rings. The van der Waals surface area contributed by atoms with E-state index in [9.17, 15) is 4.79 Å². The molecule has 2 aromatic heterocycles. The largest absolute Gasteiger partial charge is 0.492 e. The van der Waals surface area contributed by atoms with Gasteiger partial charge in [0.2, 0.25) is 5.95 Å². The molecule has 0 atom stereocenters. The first kappa shape index (κ1) is 21.9. The maximum Gasteiger partial charge on any atom is 0.220 e. The Morgan fingerprint density at radius 2 is 1.82 bits per heavy atom. The van der Waals surface area contributed by atoms with Gasteiger partial charge in [-0.1, -0.05) is 18.2 Å². The highest BCUT2D eigenvalue weighted by molar-refractivity contribution is 6.03. The van der Waals surface area contributed by atoms with E-state index in [1.54, 1.807) is 12.3 Å². The summed E-state index contributed by atoms with van der Waals surface area (Å²) in [5.74, 6) is 2.46. The quantitative estimate of drug-likeness (QED) is 0.432. The molecule has 5 rings (SSSR count). The van der Waals surface area contributed by atoms with Gasteiger partial charge < -0.3 is 19.8 Å². The summed E-state index contributed by atoms with van der Waals surface area (Å²) in [6.45, 7) is 1.47. The Bertz CT molecular complexity index is 1340. The highest BCUT2D eigenvalue weighted by Crippen LogP contribution is 2.42. The van der Waals surface area contributed by atoms with Crippen molar-refractivity contribution in [3.8, 4) is 39.7 Å². The third kappa shape index (κ3) is 4.30. The van der Waals surface area contributed by atoms with Crippen LogP contribution in [0.4, 0.5) is 5.95 Å². The molecule has 172 valence electrons. The van der Waals surface area contributed by atoms with Crippen LogP contribution in [0.15, 0.2) is 65.2 Å². The molecule has 7 heteroatoms. The number of ether oxygens (including phenoxy) is 1. The Labute approximate surface area is 198 Å². The maximum atomic E-state index is 12.3. The van der Waals surface area contributed by atoms with E-state index in [0.717, 1.165) is 46.5 Å². The predicted octanol–water partition coefficient (Wildman–Crippen LogP) is 4.72. The number of carbonyl (C=O) groups is 1. The van der Waals surface area contributed by atoms with Crippen molar-refractivity contribution in [2.45, 2.75) is 12.8 Å². The fraction of sp³-hybridized carbons (Fsp3) is 0.222. The van der Waals surface area contributed by atoms with Crippen LogP contribution in [-0.4, -0.2) is 47.9 Å². The van der Waals surface area contributed by atoms with Gasteiger partial charge in [0, 0.05) is 35.9 Å². The number of benzene rings is 2. The number of hydrogen-bond donors (Lipinski definition) is 1. The van der Waals surface area contributed by atoms with Crippen molar-refractivity contribution in [1.82, 2.24) is 14.9 Å². The molecule has 0 aliphatic heterocycles. The molecule has 34 heavy (non-hydrogen) atoms. The van der Waals surface area contributed by atoms with Crippen molar-refractivity contribution in [2.24, 2.45) is 0 Å². The zero-order chi connectivity index (χ0) is 23.7. The number of hydrogen-bond acceptors (Lipinski definition) is 7. The fourth-order valence-electron chi connectivity index (χ4n) is 4.23. The lowest BCUT2D eigenvalue weighted by Gasteiger charge is -2.11. The molecular weight excluding hydrogens is 428 g/mol. The number of aromatic nitrogens is 2. The monoisotopic (exact) mass is 454 g/mol. The topological polar surface area (TPSA) is 94.5 Å². The van der Waals surface area contributed by atoms with Gasteiger partial charge in [-0.25, -0.2) is 9.97 Å². The maximum absolute atomic E-state index is 12.3. The van der Waals surface area contributed by atoms with E-state index in [0.29, 0.717) is 30.2 Å². The van der Waals surface area contributed by atoms with Crippen LogP contribution in [0.5, 0.6) is 5.75 Å². The van der Waals surface area contributed by atoms with Gasteiger partial charge in [0.15, 0.2) is 11.5 Å². The van der Waals surface area contributed by atoms with Crippen LogP contribution < -0.4 is 10.5 Å². The summed E-state index contributed by atoms with van der Waals surface area (Å²) in [5, 5.41) is 0. The fourth-order valence-corrected chi connectivity index (χ4v) is 4.23. The van der Waals surface area contributed by atoms with Crippen molar-refractivity contribution in [2.75, 3.05) is 33.0 Å². The zero-order valence-corrected chi connectivity index (χ0v) is 19.2. The summed E-state index contributed by atoms with van der Waals surface area (Å²) >= 11 is 0. The molecule has 2 aromatic carbocycles. The van der Waals surface area contributed by atoms with Crippen molar-refractivity contribution >= 4 is 11.7 Å². The van der Waals surface area contributed by atoms with Gasteiger partial charge in [-0.15, -0.1) is 0 Å². The number of likely N-dealkylation sites (N-methyl/N-ethyl adjacent to an activating group) is 1. The first-order valence-corrected chi connectivity index (χ1v) is 11.3. The van der Waals surface area contributed by atoms with Crippen molar-refractivity contribution in [3.63, 3.8) is 0 Å². The van der Waals surface area contributed by atoms with Crippen molar-refractivity contribution < 1.29 is 13.9 Å². The molecule has 0 unspecified atom stereocenters. The molecule has 0 bridgehead atoms. The molecule has 2 heterocycles. The number of nitrogens with zero attached hydrogens (tertiary/aromatic N) is 3. The number of Topliss-reactive ketones (excluding diaryl/α,β-unsaturated/α-hetero) is 1. The van der Waals surface area contributed by atoms with Crippen LogP contribution in [0.25, 0.3) is 33.9 Å². The van der Waals surface area contributed by atoms with E-state index >= 15 is 0 Å². The van der Waals surface area contributed by atoms with E-state index in [4.69, 9.17) is 14.9 Å². The summed E-state index contributed by atoms with van der Waals surface area (Å²) in [7, 11) is 4.03. The standard InChI is InChI=1S/C27H26N4O3/c1-31(2)14-15-33-18-8-6-17(7-9-18)25-16-22(26(34-25)23-12-13-29-27(28)30-23)19-4-3-5-21-20(19)10-11-24(21)32/h3-9,12-13,16H,10-11,14-15H2,1-2H3,(H2,28,29,30). The molecule has 1 aliphatic carbocycles. The van der Waals surface area contributed by atoms with Crippen LogP contribution in [0, 0.1) is 0 Å². The average Bonchev–Trinajstić information content (AvgIpc) is 3.44. The summed E-state index contributed by atoms with van der Waals surface area (Å²) < 4.78 is 12.2. The van der Waals surface area contributed by atoms with E-state index in [-0.39, 0.29) is 11.7 Å². The number of anilines is 1. The first-order valence-electron chi connectivity index (χ1n) is 11.3. The highest BCUT2D eigenvalue weighted by Gasteiger charge is 2.26. The molecule has 1 aliphatic rings. The van der Waals surface area contributed by atoms with E-state index in [1.165, 1.54) is 0 Å². The molecular formula is C27H26N4O3. The minimum absolute atomic E-state index is 0.175. The molecule has 0 saturated carbocycles. The van der Waals surface area contributed by atoms with Gasteiger partial charge in [-0.3, -0.25) is 4.79 Å². The molecule has 0 amide bonds. The van der Waals surface area contributed by atoms with Gasteiger partial charge in [0.25, 0.3) is 0 Å². The second-order valence-electron chi connectivity index (χ2n) is 8.58. The number of nitrogen functional groups attached to an aromatic ring is 1. The average molecular weight is 455 g/mol. The lowest BCUT2D eigenvalue weighted by atomic mass is 9.95. The summed E-state index contributed by atoms with van der Waals surface area (Å²) in [5.41, 5.74) is 11.1. The Morgan fingerprint density at radius 1 is 1.03 bits per heavy atom. The molecule has 0 spiro atoms. The summed E-state index contributed by atoms with van der Waals surface area (Å²) in [4.78, 5) is 22.8. The Morgan fingerprint density at radius 3 is 2.59 bits per heavy atom. The highest BCUT2D eigenvalue weighted by atomic mass is 16.5. The van der Waals surface area contributed by atoms with Gasteiger partial charge in [-0.05, 0) is 68.0 Å². The molecule has 0 fully saturated rings. The first-order chi connectivity index (χ1) is 16.5. The molecule has 0 saturated heterocycles. The smallest absolute Gasteiger partial charge is 0.220 e.